The van der Waals surface area contributed by atoms with E-state index in [0.717, 1.165) is 11.3 Å². The Morgan fingerprint density at radius 3 is 2.74 bits per heavy atom. The summed E-state index contributed by atoms with van der Waals surface area (Å²) < 4.78 is 5.11. The van der Waals surface area contributed by atoms with E-state index in [1.807, 2.05) is 31.2 Å². The Morgan fingerprint density at radius 2 is 2.11 bits per heavy atom. The molecule has 5 heteroatoms. The number of ether oxygens (including phenoxy) is 1. The van der Waals surface area contributed by atoms with Crippen molar-refractivity contribution in [2.75, 3.05) is 18.1 Å². The standard InChI is InChI=1S/C14H17NO4/c1-10-2-5-12(6-3-10)15-8-11(4-7-13(16)17)9-19-14(15)18/h2-3,5-6,11H,4,7-9H2,1H3,(H,16,17). The molecular weight excluding hydrogens is 246 g/mol. The monoisotopic (exact) mass is 263 g/mol. The molecule has 1 unspecified atom stereocenters. The van der Waals surface area contributed by atoms with Crippen LogP contribution in [0.15, 0.2) is 24.3 Å². The molecule has 0 aromatic heterocycles. The van der Waals surface area contributed by atoms with Crippen LogP contribution in [-0.2, 0) is 9.53 Å². The lowest BCUT2D eigenvalue weighted by atomic mass is 10.0. The molecule has 1 aliphatic rings. The zero-order valence-electron chi connectivity index (χ0n) is 10.8. The van der Waals surface area contributed by atoms with Crippen LogP contribution in [0.5, 0.6) is 0 Å². The predicted molar refractivity (Wildman–Crippen MR) is 70.2 cm³/mol. The number of aryl methyl sites for hydroxylation is 1. The number of nitrogens with zero attached hydrogens (tertiary/aromatic N) is 1. The molecule has 102 valence electrons. The summed E-state index contributed by atoms with van der Waals surface area (Å²) in [6, 6.07) is 7.61. The highest BCUT2D eigenvalue weighted by atomic mass is 16.6. The van der Waals surface area contributed by atoms with E-state index in [1.165, 1.54) is 0 Å². The van der Waals surface area contributed by atoms with Gasteiger partial charge in [0, 0.05) is 24.6 Å². The number of anilines is 1. The molecule has 1 heterocycles. The van der Waals surface area contributed by atoms with Crippen molar-refractivity contribution in [2.24, 2.45) is 5.92 Å². The summed E-state index contributed by atoms with van der Waals surface area (Å²) >= 11 is 0. The quantitative estimate of drug-likeness (QED) is 0.906. The van der Waals surface area contributed by atoms with Crippen molar-refractivity contribution >= 4 is 17.7 Å². The molecule has 0 saturated carbocycles. The van der Waals surface area contributed by atoms with Gasteiger partial charge in [0.15, 0.2) is 0 Å². The second-order valence-corrected chi connectivity index (χ2v) is 4.82. The first-order valence-electron chi connectivity index (χ1n) is 6.29. The fourth-order valence-corrected chi connectivity index (χ4v) is 2.09. The summed E-state index contributed by atoms with van der Waals surface area (Å²) in [4.78, 5) is 23.9. The first-order chi connectivity index (χ1) is 9.06. The van der Waals surface area contributed by atoms with Gasteiger partial charge in [0.2, 0.25) is 0 Å². The molecule has 1 fully saturated rings. The SMILES string of the molecule is Cc1ccc(N2CC(CCC(=O)O)COC2=O)cc1. The molecule has 1 amide bonds. The van der Waals surface area contributed by atoms with Crippen LogP contribution >= 0.6 is 0 Å². The van der Waals surface area contributed by atoms with Gasteiger partial charge in [-0.25, -0.2) is 4.79 Å². The summed E-state index contributed by atoms with van der Waals surface area (Å²) in [6.07, 6.45) is 0.255. The number of carboxylic acids is 1. The van der Waals surface area contributed by atoms with Crippen LogP contribution in [0, 0.1) is 12.8 Å². The predicted octanol–water partition coefficient (Wildman–Crippen LogP) is 2.43. The number of aliphatic carboxylic acids is 1. The lowest BCUT2D eigenvalue weighted by Gasteiger charge is -2.32. The van der Waals surface area contributed by atoms with E-state index in [9.17, 15) is 9.59 Å². The topological polar surface area (TPSA) is 66.8 Å². The fraction of sp³-hybridized carbons (Fsp3) is 0.429. The molecule has 1 aromatic carbocycles. The normalized spacial score (nSPS) is 19.1. The van der Waals surface area contributed by atoms with Crippen molar-refractivity contribution in [1.29, 1.82) is 0 Å². The van der Waals surface area contributed by atoms with Gasteiger partial charge in [-0.3, -0.25) is 9.69 Å². The Kier molecular flexibility index (Phi) is 4.04. The lowest BCUT2D eigenvalue weighted by Crippen LogP contribution is -2.43. The molecule has 1 aliphatic heterocycles. The van der Waals surface area contributed by atoms with Gasteiger partial charge in [0.05, 0.1) is 6.61 Å². The summed E-state index contributed by atoms with van der Waals surface area (Å²) in [5.41, 5.74) is 1.91. The van der Waals surface area contributed by atoms with Crippen LogP contribution in [0.2, 0.25) is 0 Å². The van der Waals surface area contributed by atoms with Crippen LogP contribution in [0.1, 0.15) is 18.4 Å². The first-order valence-corrected chi connectivity index (χ1v) is 6.29. The molecular formula is C14H17NO4. The van der Waals surface area contributed by atoms with E-state index >= 15 is 0 Å². The van der Waals surface area contributed by atoms with Crippen LogP contribution in [-0.4, -0.2) is 30.3 Å². The van der Waals surface area contributed by atoms with Gasteiger partial charge in [-0.05, 0) is 25.5 Å². The number of hydrogen-bond donors (Lipinski definition) is 1. The molecule has 5 nitrogen and oxygen atoms in total. The van der Waals surface area contributed by atoms with Gasteiger partial charge in [0.25, 0.3) is 0 Å². The minimum atomic E-state index is -0.821. The van der Waals surface area contributed by atoms with Crippen molar-refractivity contribution in [3.63, 3.8) is 0 Å². The molecule has 0 bridgehead atoms. The number of benzene rings is 1. The van der Waals surface area contributed by atoms with Crippen molar-refractivity contribution < 1.29 is 19.4 Å². The Bertz CT molecular complexity index is 469. The molecule has 0 spiro atoms. The third kappa shape index (κ3) is 3.47. The number of carbonyl (C=O) groups is 2. The number of carboxylic acid groups (broad SMARTS) is 1. The molecule has 1 atom stereocenters. The van der Waals surface area contributed by atoms with Gasteiger partial charge < -0.3 is 9.84 Å². The fourth-order valence-electron chi connectivity index (χ4n) is 2.09. The number of hydrogen-bond acceptors (Lipinski definition) is 3. The molecule has 0 radical (unpaired) electrons. The maximum Gasteiger partial charge on any atom is 0.414 e. The van der Waals surface area contributed by atoms with Crippen molar-refractivity contribution in [3.05, 3.63) is 29.8 Å². The summed E-state index contributed by atoms with van der Waals surface area (Å²) in [7, 11) is 0. The van der Waals surface area contributed by atoms with Crippen LogP contribution in [0.3, 0.4) is 0 Å². The largest absolute Gasteiger partial charge is 0.481 e. The van der Waals surface area contributed by atoms with Crippen LogP contribution in [0.4, 0.5) is 10.5 Å². The van der Waals surface area contributed by atoms with E-state index in [-0.39, 0.29) is 18.4 Å². The van der Waals surface area contributed by atoms with E-state index in [4.69, 9.17) is 9.84 Å². The Morgan fingerprint density at radius 1 is 1.42 bits per heavy atom. The number of cyclic esters (lactones) is 1. The molecule has 0 aliphatic carbocycles. The number of rotatable bonds is 4. The summed E-state index contributed by atoms with van der Waals surface area (Å²) in [5.74, 6) is -0.756. The molecule has 1 aromatic rings. The Balaban J connectivity index is 2.04. The molecule has 1 saturated heterocycles. The minimum absolute atomic E-state index is 0.0649. The van der Waals surface area contributed by atoms with E-state index in [2.05, 4.69) is 0 Å². The zero-order valence-corrected chi connectivity index (χ0v) is 10.8. The Hall–Kier alpha value is -2.04. The van der Waals surface area contributed by atoms with Gasteiger partial charge >= 0.3 is 12.1 Å². The summed E-state index contributed by atoms with van der Waals surface area (Å²) in [6.45, 7) is 2.79. The van der Waals surface area contributed by atoms with Gasteiger partial charge in [-0.1, -0.05) is 17.7 Å². The van der Waals surface area contributed by atoms with Crippen molar-refractivity contribution in [1.82, 2.24) is 0 Å². The van der Waals surface area contributed by atoms with Crippen molar-refractivity contribution in [3.8, 4) is 0 Å². The van der Waals surface area contributed by atoms with E-state index in [0.29, 0.717) is 19.6 Å². The second-order valence-electron chi connectivity index (χ2n) is 4.82. The Labute approximate surface area is 111 Å². The third-order valence-electron chi connectivity index (χ3n) is 3.22. The highest BCUT2D eigenvalue weighted by Crippen LogP contribution is 2.23. The van der Waals surface area contributed by atoms with Gasteiger partial charge in [-0.15, -0.1) is 0 Å². The average Bonchev–Trinajstić information content (AvgIpc) is 2.39. The highest BCUT2D eigenvalue weighted by molar-refractivity contribution is 5.88. The van der Waals surface area contributed by atoms with Crippen LogP contribution in [0.25, 0.3) is 0 Å². The molecule has 1 N–H and O–H groups in total. The van der Waals surface area contributed by atoms with E-state index in [1.54, 1.807) is 4.90 Å². The van der Waals surface area contributed by atoms with Gasteiger partial charge in [0.1, 0.15) is 0 Å². The first kappa shape index (κ1) is 13.4. The molecule has 2 rings (SSSR count). The van der Waals surface area contributed by atoms with Gasteiger partial charge in [-0.2, -0.15) is 0 Å². The van der Waals surface area contributed by atoms with Crippen molar-refractivity contribution in [2.45, 2.75) is 19.8 Å². The third-order valence-corrected chi connectivity index (χ3v) is 3.22. The second kappa shape index (κ2) is 5.73. The number of amides is 1. The highest BCUT2D eigenvalue weighted by Gasteiger charge is 2.28. The molecule has 19 heavy (non-hydrogen) atoms. The average molecular weight is 263 g/mol. The van der Waals surface area contributed by atoms with Crippen LogP contribution < -0.4 is 4.90 Å². The maximum atomic E-state index is 11.8. The van der Waals surface area contributed by atoms with E-state index < -0.39 is 5.97 Å². The maximum absolute atomic E-state index is 11.8. The lowest BCUT2D eigenvalue weighted by molar-refractivity contribution is -0.137. The summed E-state index contributed by atoms with van der Waals surface area (Å²) in [5, 5.41) is 8.69. The number of carbonyl (C=O) groups excluding carboxylic acids is 1. The smallest absolute Gasteiger partial charge is 0.414 e. The zero-order chi connectivity index (χ0) is 13.8. The minimum Gasteiger partial charge on any atom is -0.481 e.